The molecule has 26 heavy (non-hydrogen) atoms. The Balaban J connectivity index is 1.22. The van der Waals surface area contributed by atoms with E-state index in [1.165, 1.54) is 24.0 Å². The van der Waals surface area contributed by atoms with Crippen molar-refractivity contribution in [2.24, 2.45) is 0 Å². The van der Waals surface area contributed by atoms with E-state index in [2.05, 4.69) is 34.5 Å². The van der Waals surface area contributed by atoms with Crippen molar-refractivity contribution in [3.63, 3.8) is 0 Å². The van der Waals surface area contributed by atoms with Gasteiger partial charge in [-0.3, -0.25) is 4.90 Å². The van der Waals surface area contributed by atoms with E-state index in [-0.39, 0.29) is 0 Å². The topological polar surface area (TPSA) is 43.0 Å². The third-order valence-corrected chi connectivity index (χ3v) is 5.41. The predicted octanol–water partition coefficient (Wildman–Crippen LogP) is 3.43. The van der Waals surface area contributed by atoms with Crippen molar-refractivity contribution in [3.8, 4) is 17.2 Å². The third kappa shape index (κ3) is 3.19. The van der Waals surface area contributed by atoms with Crippen LogP contribution in [0.4, 0.5) is 5.69 Å². The molecule has 0 saturated carbocycles. The summed E-state index contributed by atoms with van der Waals surface area (Å²) < 4.78 is 16.5. The van der Waals surface area contributed by atoms with Gasteiger partial charge in [0.05, 0.1) is 6.61 Å². The summed E-state index contributed by atoms with van der Waals surface area (Å²) >= 11 is 0. The molecule has 5 rings (SSSR count). The molecule has 0 radical (unpaired) electrons. The molecule has 0 amide bonds. The molecule has 136 valence electrons. The summed E-state index contributed by atoms with van der Waals surface area (Å²) in [7, 11) is 0. The molecule has 0 unspecified atom stereocenters. The molecule has 0 aliphatic carbocycles. The number of ether oxygens (including phenoxy) is 3. The van der Waals surface area contributed by atoms with Crippen molar-refractivity contribution in [1.29, 1.82) is 0 Å². The summed E-state index contributed by atoms with van der Waals surface area (Å²) in [6.07, 6.45) is 3.46. The molecule has 1 atom stereocenters. The fourth-order valence-electron chi connectivity index (χ4n) is 4.14. The zero-order valence-electron chi connectivity index (χ0n) is 14.9. The van der Waals surface area contributed by atoms with E-state index in [9.17, 15) is 0 Å². The van der Waals surface area contributed by atoms with Gasteiger partial charge >= 0.3 is 0 Å². The Morgan fingerprint density at radius 3 is 2.92 bits per heavy atom. The highest BCUT2D eigenvalue weighted by Crippen LogP contribution is 2.34. The zero-order chi connectivity index (χ0) is 17.3. The molecular formula is C21H24N2O3. The lowest BCUT2D eigenvalue weighted by molar-refractivity contribution is 0.174. The van der Waals surface area contributed by atoms with E-state index in [0.717, 1.165) is 55.6 Å². The van der Waals surface area contributed by atoms with Gasteiger partial charge in [-0.15, -0.1) is 0 Å². The van der Waals surface area contributed by atoms with Crippen molar-refractivity contribution in [1.82, 2.24) is 4.90 Å². The van der Waals surface area contributed by atoms with Gasteiger partial charge in [-0.05, 0) is 48.7 Å². The number of hydrogen-bond donors (Lipinski definition) is 1. The molecule has 0 aromatic heterocycles. The van der Waals surface area contributed by atoms with Gasteiger partial charge in [-0.25, -0.2) is 0 Å². The lowest BCUT2D eigenvalue weighted by Gasteiger charge is -2.33. The summed E-state index contributed by atoms with van der Waals surface area (Å²) in [4.78, 5) is 2.55. The number of fused-ring (bicyclic) bond motifs is 2. The number of benzene rings is 2. The van der Waals surface area contributed by atoms with Crippen LogP contribution in [0.3, 0.4) is 0 Å². The molecule has 3 heterocycles. The zero-order valence-corrected chi connectivity index (χ0v) is 14.9. The Bertz CT molecular complexity index is 742. The first-order valence-corrected chi connectivity index (χ1v) is 9.47. The first-order chi connectivity index (χ1) is 12.8. The van der Waals surface area contributed by atoms with E-state index in [1.807, 2.05) is 12.1 Å². The number of nitrogens with one attached hydrogen (secondary N) is 1. The van der Waals surface area contributed by atoms with Crippen LogP contribution in [0.1, 0.15) is 24.0 Å². The van der Waals surface area contributed by atoms with E-state index in [1.54, 1.807) is 0 Å². The molecule has 0 bridgehead atoms. The first kappa shape index (κ1) is 15.8. The number of anilines is 1. The summed E-state index contributed by atoms with van der Waals surface area (Å²) in [6, 6.07) is 13.2. The fraction of sp³-hybridized carbons (Fsp3) is 0.429. The standard InChI is InChI=1S/C21H24N2O3/c1-2-18(22-17-4-6-20-21(11-17)26-14-25-20)13-23(8-1)12-15-3-5-19-16(10-15)7-9-24-19/h3-6,10-11,18,22H,1-2,7-9,12-14H2/t18-/m0/s1. The monoisotopic (exact) mass is 352 g/mol. The largest absolute Gasteiger partial charge is 0.493 e. The Kier molecular flexibility index (Phi) is 4.09. The van der Waals surface area contributed by atoms with Gasteiger partial charge in [0.1, 0.15) is 5.75 Å². The lowest BCUT2D eigenvalue weighted by atomic mass is 10.0. The minimum atomic E-state index is 0.321. The highest BCUT2D eigenvalue weighted by atomic mass is 16.7. The molecule has 3 aliphatic heterocycles. The maximum absolute atomic E-state index is 5.62. The second kappa shape index (κ2) is 6.72. The van der Waals surface area contributed by atoms with Gasteiger partial charge in [-0.2, -0.15) is 0 Å². The van der Waals surface area contributed by atoms with Crippen molar-refractivity contribution in [2.75, 3.05) is 31.8 Å². The van der Waals surface area contributed by atoms with Crippen molar-refractivity contribution < 1.29 is 14.2 Å². The highest BCUT2D eigenvalue weighted by molar-refractivity contribution is 5.56. The van der Waals surface area contributed by atoms with E-state index < -0.39 is 0 Å². The number of piperidine rings is 1. The molecule has 3 aliphatic rings. The van der Waals surface area contributed by atoms with Gasteiger partial charge in [0.15, 0.2) is 11.5 Å². The second-order valence-corrected chi connectivity index (χ2v) is 7.33. The SMILES string of the molecule is c1cc2c(cc1CN1CCC[C@H](Nc3ccc4c(c3)OCO4)C1)CCO2. The molecule has 5 nitrogen and oxygen atoms in total. The van der Waals surface area contributed by atoms with Crippen LogP contribution in [-0.2, 0) is 13.0 Å². The Morgan fingerprint density at radius 2 is 1.92 bits per heavy atom. The maximum atomic E-state index is 5.62. The van der Waals surface area contributed by atoms with Crippen LogP contribution in [0, 0.1) is 0 Å². The number of likely N-dealkylation sites (tertiary alicyclic amines) is 1. The molecule has 2 aromatic carbocycles. The van der Waals surface area contributed by atoms with E-state index >= 15 is 0 Å². The van der Waals surface area contributed by atoms with Crippen LogP contribution in [0.5, 0.6) is 17.2 Å². The van der Waals surface area contributed by atoms with Gasteiger partial charge in [0.25, 0.3) is 0 Å². The van der Waals surface area contributed by atoms with Crippen molar-refractivity contribution in [3.05, 3.63) is 47.5 Å². The summed E-state index contributed by atoms with van der Waals surface area (Å²) in [5, 5.41) is 3.67. The average molecular weight is 352 g/mol. The Hall–Kier alpha value is -2.40. The number of rotatable bonds is 4. The molecule has 2 aromatic rings. The third-order valence-electron chi connectivity index (χ3n) is 5.41. The fourth-order valence-corrected chi connectivity index (χ4v) is 4.14. The quantitative estimate of drug-likeness (QED) is 0.913. The minimum absolute atomic E-state index is 0.321. The van der Waals surface area contributed by atoms with Gasteiger partial charge < -0.3 is 19.5 Å². The Labute approximate surface area is 153 Å². The predicted molar refractivity (Wildman–Crippen MR) is 100 cm³/mol. The molecule has 1 N–H and O–H groups in total. The molecule has 0 spiro atoms. The van der Waals surface area contributed by atoms with Crippen LogP contribution in [-0.4, -0.2) is 37.4 Å². The summed E-state index contributed by atoms with van der Waals surface area (Å²) in [5.41, 5.74) is 3.85. The summed E-state index contributed by atoms with van der Waals surface area (Å²) in [6.45, 7) is 4.37. The van der Waals surface area contributed by atoms with Crippen LogP contribution >= 0.6 is 0 Å². The number of nitrogens with zero attached hydrogens (tertiary/aromatic N) is 1. The average Bonchev–Trinajstić information content (AvgIpc) is 3.30. The summed E-state index contributed by atoms with van der Waals surface area (Å²) in [5.74, 6) is 2.74. The second-order valence-electron chi connectivity index (χ2n) is 7.33. The molecule has 1 fully saturated rings. The molecule has 1 saturated heterocycles. The minimum Gasteiger partial charge on any atom is -0.493 e. The maximum Gasteiger partial charge on any atom is 0.231 e. The van der Waals surface area contributed by atoms with Crippen LogP contribution in [0.2, 0.25) is 0 Å². The highest BCUT2D eigenvalue weighted by Gasteiger charge is 2.22. The number of hydrogen-bond acceptors (Lipinski definition) is 5. The molecule has 5 heteroatoms. The van der Waals surface area contributed by atoms with E-state index in [0.29, 0.717) is 12.8 Å². The van der Waals surface area contributed by atoms with Crippen LogP contribution < -0.4 is 19.5 Å². The van der Waals surface area contributed by atoms with E-state index in [4.69, 9.17) is 14.2 Å². The Morgan fingerprint density at radius 1 is 1.00 bits per heavy atom. The molecular weight excluding hydrogens is 328 g/mol. The van der Waals surface area contributed by atoms with Crippen LogP contribution in [0.15, 0.2) is 36.4 Å². The van der Waals surface area contributed by atoms with Crippen LogP contribution in [0.25, 0.3) is 0 Å². The van der Waals surface area contributed by atoms with Crippen molar-refractivity contribution >= 4 is 5.69 Å². The smallest absolute Gasteiger partial charge is 0.231 e. The lowest BCUT2D eigenvalue weighted by Crippen LogP contribution is -2.41. The van der Waals surface area contributed by atoms with Gasteiger partial charge in [0, 0.05) is 37.3 Å². The van der Waals surface area contributed by atoms with Crippen molar-refractivity contribution in [2.45, 2.75) is 31.8 Å². The van der Waals surface area contributed by atoms with Gasteiger partial charge in [-0.1, -0.05) is 12.1 Å². The normalized spacial score (nSPS) is 21.3. The first-order valence-electron chi connectivity index (χ1n) is 9.47. The van der Waals surface area contributed by atoms with Gasteiger partial charge in [0.2, 0.25) is 6.79 Å².